The largest absolute Gasteiger partial charge is 0.356 e. The molecule has 1 saturated heterocycles. The fourth-order valence-electron chi connectivity index (χ4n) is 4.36. The molecule has 1 N–H and O–H groups in total. The minimum atomic E-state index is -0.480. The van der Waals surface area contributed by atoms with Gasteiger partial charge in [-0.15, -0.1) is 0 Å². The number of nitrogens with zero attached hydrogens (tertiary/aromatic N) is 5. The number of imidazole rings is 1. The van der Waals surface area contributed by atoms with Gasteiger partial charge < -0.3 is 9.88 Å². The number of H-pyrrole nitrogens is 1. The highest BCUT2D eigenvalue weighted by Crippen LogP contribution is 2.30. The van der Waals surface area contributed by atoms with Crippen LogP contribution in [0.1, 0.15) is 24.4 Å². The van der Waals surface area contributed by atoms with Gasteiger partial charge in [-0.2, -0.15) is 5.26 Å². The second-order valence-electron chi connectivity index (χ2n) is 7.63. The monoisotopic (exact) mass is 414 g/mol. The van der Waals surface area contributed by atoms with Crippen LogP contribution in [0.25, 0.3) is 21.9 Å². The van der Waals surface area contributed by atoms with Crippen LogP contribution in [0, 0.1) is 21.4 Å². The fourth-order valence-corrected chi connectivity index (χ4v) is 4.36. The number of piperidine rings is 1. The summed E-state index contributed by atoms with van der Waals surface area (Å²) in [4.78, 5) is 32.7. The van der Waals surface area contributed by atoms with Crippen molar-refractivity contribution >= 4 is 33.4 Å². The summed E-state index contributed by atoms with van der Waals surface area (Å²) >= 11 is 0. The normalized spacial score (nSPS) is 14.7. The van der Waals surface area contributed by atoms with Crippen molar-refractivity contribution in [3.63, 3.8) is 0 Å². The molecule has 31 heavy (non-hydrogen) atoms. The number of hydrogen-bond donors (Lipinski definition) is 1. The minimum Gasteiger partial charge on any atom is -0.356 e. The van der Waals surface area contributed by atoms with Gasteiger partial charge in [0.15, 0.2) is 0 Å². The maximum atomic E-state index is 12.5. The van der Waals surface area contributed by atoms with Gasteiger partial charge in [0.1, 0.15) is 5.82 Å². The molecule has 0 unspecified atom stereocenters. The molecule has 2 aromatic carbocycles. The van der Waals surface area contributed by atoms with Crippen LogP contribution < -0.4 is 10.6 Å². The third kappa shape index (κ3) is 3.18. The van der Waals surface area contributed by atoms with E-state index in [9.17, 15) is 20.2 Å². The molecule has 0 saturated carbocycles. The van der Waals surface area contributed by atoms with Crippen molar-refractivity contribution < 1.29 is 4.92 Å². The first kappa shape index (κ1) is 18.8. The SMILES string of the molecule is N#Cc1cc(N2CCC(n3c(=O)[nH]c4ccccc43)CC2)nc2ccc([N+](=O)[O-])cc12. The van der Waals surface area contributed by atoms with Crippen molar-refractivity contribution in [2.24, 2.45) is 0 Å². The number of aromatic nitrogens is 3. The lowest BCUT2D eigenvalue weighted by Crippen LogP contribution is -2.37. The Kier molecular flexibility index (Phi) is 4.40. The van der Waals surface area contributed by atoms with Gasteiger partial charge in [-0.1, -0.05) is 12.1 Å². The van der Waals surface area contributed by atoms with Crippen LogP contribution in [0.15, 0.2) is 53.3 Å². The Labute approximate surface area is 176 Å². The number of nitriles is 1. The number of hydrogen-bond acceptors (Lipinski definition) is 6. The second-order valence-corrected chi connectivity index (χ2v) is 7.63. The molecule has 9 nitrogen and oxygen atoms in total. The van der Waals surface area contributed by atoms with Crippen molar-refractivity contribution in [3.8, 4) is 6.07 Å². The molecular formula is C22H18N6O3. The number of nitro groups is 1. The van der Waals surface area contributed by atoms with Crippen molar-refractivity contribution in [3.05, 3.63) is 74.7 Å². The van der Waals surface area contributed by atoms with E-state index >= 15 is 0 Å². The van der Waals surface area contributed by atoms with Crippen LogP contribution in [-0.2, 0) is 0 Å². The third-order valence-corrected chi connectivity index (χ3v) is 5.89. The van der Waals surface area contributed by atoms with E-state index in [4.69, 9.17) is 0 Å². The quantitative estimate of drug-likeness (QED) is 0.405. The van der Waals surface area contributed by atoms with Crippen molar-refractivity contribution in [1.82, 2.24) is 14.5 Å². The zero-order chi connectivity index (χ0) is 21.5. The lowest BCUT2D eigenvalue weighted by Gasteiger charge is -2.33. The molecule has 1 aliphatic heterocycles. The molecule has 0 spiro atoms. The van der Waals surface area contributed by atoms with Gasteiger partial charge in [0.2, 0.25) is 0 Å². The highest BCUT2D eigenvalue weighted by atomic mass is 16.6. The van der Waals surface area contributed by atoms with E-state index in [1.165, 1.54) is 12.1 Å². The number of aromatic amines is 1. The van der Waals surface area contributed by atoms with Crippen LogP contribution in [0.5, 0.6) is 0 Å². The van der Waals surface area contributed by atoms with E-state index in [2.05, 4.69) is 20.9 Å². The number of para-hydroxylation sites is 2. The highest BCUT2D eigenvalue weighted by molar-refractivity contribution is 5.88. The third-order valence-electron chi connectivity index (χ3n) is 5.89. The van der Waals surface area contributed by atoms with Crippen molar-refractivity contribution in [2.45, 2.75) is 18.9 Å². The smallest absolute Gasteiger partial charge is 0.326 e. The van der Waals surface area contributed by atoms with Gasteiger partial charge >= 0.3 is 5.69 Å². The lowest BCUT2D eigenvalue weighted by molar-refractivity contribution is -0.384. The lowest BCUT2D eigenvalue weighted by atomic mass is 10.0. The molecule has 3 heterocycles. The molecule has 2 aromatic heterocycles. The number of benzene rings is 2. The molecule has 0 atom stereocenters. The number of nitrogens with one attached hydrogen (secondary N) is 1. The first-order valence-corrected chi connectivity index (χ1v) is 9.98. The maximum Gasteiger partial charge on any atom is 0.326 e. The molecule has 9 heteroatoms. The average Bonchev–Trinajstić information content (AvgIpc) is 3.13. The summed E-state index contributed by atoms with van der Waals surface area (Å²) in [6.45, 7) is 1.37. The average molecular weight is 414 g/mol. The zero-order valence-electron chi connectivity index (χ0n) is 16.5. The fraction of sp³-hybridized carbons (Fsp3) is 0.227. The van der Waals surface area contributed by atoms with Crippen LogP contribution in [0.4, 0.5) is 11.5 Å². The number of rotatable bonds is 3. The molecule has 1 fully saturated rings. The summed E-state index contributed by atoms with van der Waals surface area (Å²) in [5, 5.41) is 21.1. The molecular weight excluding hydrogens is 396 g/mol. The van der Waals surface area contributed by atoms with Crippen LogP contribution >= 0.6 is 0 Å². The Hall–Kier alpha value is -4.19. The summed E-state index contributed by atoms with van der Waals surface area (Å²) in [7, 11) is 0. The standard InChI is InChI=1S/C22H18N6O3/c23-13-14-11-21(24-18-6-5-16(28(30)31)12-17(14)18)26-9-7-15(8-10-26)27-20-4-2-1-3-19(20)25-22(27)29/h1-6,11-12,15H,7-10H2,(H,25,29). The number of non-ortho nitro benzene ring substituents is 1. The molecule has 0 bridgehead atoms. The van der Waals surface area contributed by atoms with E-state index in [-0.39, 0.29) is 17.4 Å². The number of anilines is 1. The Morgan fingerprint density at radius 3 is 2.68 bits per heavy atom. The molecule has 0 radical (unpaired) electrons. The Morgan fingerprint density at radius 1 is 1.16 bits per heavy atom. The first-order chi connectivity index (χ1) is 15.0. The molecule has 1 aliphatic rings. The number of nitro benzene ring substituents is 1. The van der Waals surface area contributed by atoms with Crippen molar-refractivity contribution in [2.75, 3.05) is 18.0 Å². The first-order valence-electron chi connectivity index (χ1n) is 9.98. The summed E-state index contributed by atoms with van der Waals surface area (Å²) < 4.78 is 1.83. The van der Waals surface area contributed by atoms with E-state index < -0.39 is 4.92 Å². The Balaban J connectivity index is 1.43. The van der Waals surface area contributed by atoms with Crippen LogP contribution in [0.2, 0.25) is 0 Å². The van der Waals surface area contributed by atoms with Gasteiger partial charge in [-0.25, -0.2) is 9.78 Å². The molecule has 4 aromatic rings. The Morgan fingerprint density at radius 2 is 1.94 bits per heavy atom. The van der Waals surface area contributed by atoms with Gasteiger partial charge in [0, 0.05) is 36.7 Å². The summed E-state index contributed by atoms with van der Waals surface area (Å²) in [6, 6.07) is 15.9. The molecule has 154 valence electrons. The van der Waals surface area contributed by atoms with Gasteiger partial charge in [-0.05, 0) is 37.1 Å². The van der Waals surface area contributed by atoms with E-state index in [1.54, 1.807) is 12.1 Å². The summed E-state index contributed by atoms with van der Waals surface area (Å²) in [5.41, 5.74) is 2.48. The second kappa shape index (κ2) is 7.25. The molecule has 0 aliphatic carbocycles. The number of fused-ring (bicyclic) bond motifs is 2. The molecule has 5 rings (SSSR count). The predicted octanol–water partition coefficient (Wildman–Crippen LogP) is 3.50. The zero-order valence-corrected chi connectivity index (χ0v) is 16.5. The van der Waals surface area contributed by atoms with E-state index in [0.717, 1.165) is 23.9 Å². The van der Waals surface area contributed by atoms with E-state index in [1.807, 2.05) is 28.8 Å². The predicted molar refractivity (Wildman–Crippen MR) is 116 cm³/mol. The Bertz CT molecular complexity index is 1420. The van der Waals surface area contributed by atoms with Crippen LogP contribution in [-0.4, -0.2) is 32.5 Å². The highest BCUT2D eigenvalue weighted by Gasteiger charge is 2.25. The van der Waals surface area contributed by atoms with Gasteiger partial charge in [-0.3, -0.25) is 14.7 Å². The summed E-state index contributed by atoms with van der Waals surface area (Å²) in [6.07, 6.45) is 1.53. The van der Waals surface area contributed by atoms with Gasteiger partial charge in [0.25, 0.3) is 5.69 Å². The van der Waals surface area contributed by atoms with Crippen LogP contribution in [0.3, 0.4) is 0 Å². The number of pyridine rings is 1. The minimum absolute atomic E-state index is 0.0662. The summed E-state index contributed by atoms with van der Waals surface area (Å²) in [5.74, 6) is 0.669. The topological polar surface area (TPSA) is 121 Å². The van der Waals surface area contributed by atoms with Gasteiger partial charge in [0.05, 0.1) is 33.1 Å². The maximum absolute atomic E-state index is 12.5. The van der Waals surface area contributed by atoms with Crippen molar-refractivity contribution in [1.29, 1.82) is 5.26 Å². The van der Waals surface area contributed by atoms with E-state index in [0.29, 0.717) is 35.4 Å². The molecule has 0 amide bonds.